The number of halogens is 1. The Morgan fingerprint density at radius 1 is 1.15 bits per heavy atom. The van der Waals surface area contributed by atoms with Crippen molar-refractivity contribution < 1.29 is 9.53 Å². The van der Waals surface area contributed by atoms with Crippen molar-refractivity contribution in [2.24, 2.45) is 11.8 Å². The lowest BCUT2D eigenvalue weighted by molar-refractivity contribution is -0.146. The van der Waals surface area contributed by atoms with Gasteiger partial charge in [-0.25, -0.2) is 0 Å². The quantitative estimate of drug-likeness (QED) is 0.633. The van der Waals surface area contributed by atoms with Gasteiger partial charge in [-0.3, -0.25) is 4.79 Å². The first-order valence-corrected chi connectivity index (χ1v) is 7.81. The lowest BCUT2D eigenvalue weighted by atomic mass is 10.0. The molecule has 0 amide bonds. The number of ether oxygens (including phenoxy) is 1. The second-order valence-corrected chi connectivity index (χ2v) is 6.67. The van der Waals surface area contributed by atoms with Gasteiger partial charge in [-0.2, -0.15) is 0 Å². The van der Waals surface area contributed by atoms with Crippen molar-refractivity contribution in [1.29, 1.82) is 0 Å². The van der Waals surface area contributed by atoms with E-state index < -0.39 is 0 Å². The number of aryl methyl sites for hydroxylation is 2. The predicted molar refractivity (Wildman–Crippen MR) is 84.4 cm³/mol. The van der Waals surface area contributed by atoms with Gasteiger partial charge in [0.05, 0.1) is 5.92 Å². The standard InChI is InChI=1S/C9H11Br.C8H10O2/c1-6-4-9(10)5-7(2)8(6)3;1-5-6-2-3-7(4-6)8(9)10-5/h4-5H,1-3H3;6-7H,1-4H2. The molecule has 3 rings (SSSR count). The minimum atomic E-state index is -0.0567. The minimum absolute atomic E-state index is 0.0567. The van der Waals surface area contributed by atoms with Crippen LogP contribution in [0.15, 0.2) is 28.9 Å². The SMILES string of the molecule is C=C1OC(=O)C2CCC1C2.Cc1cc(Br)cc(C)c1C. The monoisotopic (exact) mass is 336 g/mol. The fourth-order valence-electron chi connectivity index (χ4n) is 2.77. The fourth-order valence-corrected chi connectivity index (χ4v) is 3.45. The highest BCUT2D eigenvalue weighted by molar-refractivity contribution is 9.10. The maximum Gasteiger partial charge on any atom is 0.314 e. The molecule has 2 unspecified atom stereocenters. The maximum absolute atomic E-state index is 11.0. The van der Waals surface area contributed by atoms with Crippen LogP contribution < -0.4 is 0 Å². The Hall–Kier alpha value is -1.09. The van der Waals surface area contributed by atoms with E-state index in [1.165, 1.54) is 21.2 Å². The van der Waals surface area contributed by atoms with Crippen LogP contribution in [0.2, 0.25) is 0 Å². The summed E-state index contributed by atoms with van der Waals surface area (Å²) in [6, 6.07) is 4.28. The summed E-state index contributed by atoms with van der Waals surface area (Å²) in [7, 11) is 0. The average Bonchev–Trinajstić information content (AvgIpc) is 2.81. The smallest absolute Gasteiger partial charge is 0.314 e. The van der Waals surface area contributed by atoms with Crippen LogP contribution in [0.3, 0.4) is 0 Å². The third-order valence-corrected chi connectivity index (χ3v) is 4.80. The molecule has 0 spiro atoms. The molecule has 1 aliphatic carbocycles. The van der Waals surface area contributed by atoms with Gasteiger partial charge in [0.15, 0.2) is 0 Å². The van der Waals surface area contributed by atoms with Gasteiger partial charge in [-0.05, 0) is 68.9 Å². The van der Waals surface area contributed by atoms with Crippen LogP contribution in [0.1, 0.15) is 36.0 Å². The second-order valence-electron chi connectivity index (χ2n) is 5.76. The number of rotatable bonds is 0. The minimum Gasteiger partial charge on any atom is -0.431 e. The van der Waals surface area contributed by atoms with Crippen molar-refractivity contribution in [3.8, 4) is 0 Å². The number of carbonyl (C=O) groups is 1. The summed E-state index contributed by atoms with van der Waals surface area (Å²) in [5, 5.41) is 0. The van der Waals surface area contributed by atoms with Crippen LogP contribution in [0.25, 0.3) is 0 Å². The summed E-state index contributed by atoms with van der Waals surface area (Å²) in [5.74, 6) is 1.30. The number of hydrogen-bond acceptors (Lipinski definition) is 2. The number of fused-ring (bicyclic) bond motifs is 2. The van der Waals surface area contributed by atoms with E-state index in [0.717, 1.165) is 19.3 Å². The van der Waals surface area contributed by atoms with E-state index in [9.17, 15) is 4.79 Å². The molecule has 1 aromatic carbocycles. The van der Waals surface area contributed by atoms with E-state index in [1.807, 2.05) is 0 Å². The summed E-state index contributed by atoms with van der Waals surface area (Å²) >= 11 is 3.45. The van der Waals surface area contributed by atoms with Crippen LogP contribution in [0.5, 0.6) is 0 Å². The van der Waals surface area contributed by atoms with Crippen molar-refractivity contribution in [1.82, 2.24) is 0 Å². The summed E-state index contributed by atoms with van der Waals surface area (Å²) in [6.45, 7) is 10.1. The van der Waals surface area contributed by atoms with Crippen LogP contribution >= 0.6 is 15.9 Å². The molecule has 3 heteroatoms. The molecular formula is C17H21BrO2. The number of esters is 1. The van der Waals surface area contributed by atoms with Crippen molar-refractivity contribution >= 4 is 21.9 Å². The van der Waals surface area contributed by atoms with Crippen molar-refractivity contribution in [3.05, 3.63) is 45.6 Å². The summed E-state index contributed by atoms with van der Waals surface area (Å²) in [6.07, 6.45) is 3.08. The molecule has 0 radical (unpaired) electrons. The lowest BCUT2D eigenvalue weighted by Crippen LogP contribution is -2.21. The summed E-state index contributed by atoms with van der Waals surface area (Å²) in [4.78, 5) is 11.0. The largest absolute Gasteiger partial charge is 0.431 e. The lowest BCUT2D eigenvalue weighted by Gasteiger charge is -2.19. The van der Waals surface area contributed by atoms with Crippen molar-refractivity contribution in [2.75, 3.05) is 0 Å². The van der Waals surface area contributed by atoms with Gasteiger partial charge in [0.1, 0.15) is 5.76 Å². The Bertz CT molecular complexity index is 505. The van der Waals surface area contributed by atoms with Gasteiger partial charge < -0.3 is 4.74 Å². The highest BCUT2D eigenvalue weighted by Gasteiger charge is 2.38. The van der Waals surface area contributed by atoms with Gasteiger partial charge in [-0.15, -0.1) is 0 Å². The van der Waals surface area contributed by atoms with Gasteiger partial charge in [0, 0.05) is 10.4 Å². The van der Waals surface area contributed by atoms with E-state index in [-0.39, 0.29) is 11.9 Å². The molecule has 20 heavy (non-hydrogen) atoms. The molecule has 0 N–H and O–H groups in total. The van der Waals surface area contributed by atoms with E-state index in [1.54, 1.807) is 0 Å². The maximum atomic E-state index is 11.0. The molecule has 2 nitrogen and oxygen atoms in total. The molecule has 2 aliphatic rings. The molecule has 1 heterocycles. The molecule has 2 atom stereocenters. The average molecular weight is 337 g/mol. The van der Waals surface area contributed by atoms with Crippen LogP contribution in [0.4, 0.5) is 0 Å². The molecule has 1 aromatic rings. The highest BCUT2D eigenvalue weighted by Crippen LogP contribution is 2.40. The molecule has 1 saturated heterocycles. The fraction of sp³-hybridized carbons (Fsp3) is 0.471. The zero-order valence-corrected chi connectivity index (χ0v) is 13.9. The second kappa shape index (κ2) is 6.13. The van der Waals surface area contributed by atoms with Crippen molar-refractivity contribution in [2.45, 2.75) is 40.0 Å². The van der Waals surface area contributed by atoms with E-state index >= 15 is 0 Å². The molecule has 2 bridgehead atoms. The first-order valence-electron chi connectivity index (χ1n) is 7.02. The Morgan fingerprint density at radius 3 is 2.30 bits per heavy atom. The zero-order valence-electron chi connectivity index (χ0n) is 12.3. The molecule has 0 aromatic heterocycles. The number of carbonyl (C=O) groups excluding carboxylic acids is 1. The summed E-state index contributed by atoms with van der Waals surface area (Å²) in [5.41, 5.74) is 4.10. The van der Waals surface area contributed by atoms with Crippen molar-refractivity contribution in [3.63, 3.8) is 0 Å². The first-order chi connectivity index (χ1) is 9.38. The molecule has 2 fully saturated rings. The number of cyclic esters (lactones) is 1. The predicted octanol–water partition coefficient (Wildman–Crippen LogP) is 4.85. The number of benzene rings is 1. The van der Waals surface area contributed by atoms with Gasteiger partial charge in [-0.1, -0.05) is 22.5 Å². The van der Waals surface area contributed by atoms with Crippen LogP contribution in [-0.4, -0.2) is 5.97 Å². The Labute approximate surface area is 129 Å². The van der Waals surface area contributed by atoms with Gasteiger partial charge >= 0.3 is 5.97 Å². The number of allylic oxidation sites excluding steroid dienone is 1. The van der Waals surface area contributed by atoms with E-state index in [0.29, 0.717) is 11.7 Å². The molecule has 1 aliphatic heterocycles. The summed E-state index contributed by atoms with van der Waals surface area (Å²) < 4.78 is 6.11. The van der Waals surface area contributed by atoms with Crippen LogP contribution in [-0.2, 0) is 9.53 Å². The zero-order chi connectivity index (χ0) is 14.9. The normalized spacial score (nSPS) is 24.0. The first kappa shape index (κ1) is 15.3. The number of hydrogen-bond donors (Lipinski definition) is 0. The molecular weight excluding hydrogens is 316 g/mol. The van der Waals surface area contributed by atoms with Gasteiger partial charge in [0.2, 0.25) is 0 Å². The third-order valence-electron chi connectivity index (χ3n) is 4.34. The Kier molecular flexibility index (Phi) is 4.69. The Morgan fingerprint density at radius 2 is 1.70 bits per heavy atom. The third kappa shape index (κ3) is 3.32. The Balaban J connectivity index is 0.000000147. The topological polar surface area (TPSA) is 26.3 Å². The van der Waals surface area contributed by atoms with Crippen LogP contribution in [0, 0.1) is 32.6 Å². The molecule has 1 saturated carbocycles. The molecule has 108 valence electrons. The van der Waals surface area contributed by atoms with E-state index in [4.69, 9.17) is 4.74 Å². The van der Waals surface area contributed by atoms with E-state index in [2.05, 4.69) is 55.4 Å². The highest BCUT2D eigenvalue weighted by atomic mass is 79.9. The van der Waals surface area contributed by atoms with Gasteiger partial charge in [0.25, 0.3) is 0 Å².